The fourth-order valence-electron chi connectivity index (χ4n) is 1.21. The normalized spacial score (nSPS) is 24.4. The Hall–Kier alpha value is -0.770. The molecule has 0 radical (unpaired) electrons. The van der Waals surface area contributed by atoms with E-state index in [1.54, 1.807) is 0 Å². The number of rotatable bonds is 3. The molecule has 0 spiro atoms. The Labute approximate surface area is 103 Å². The number of halogens is 6. The zero-order valence-electron chi connectivity index (χ0n) is 9.76. The average molecular weight is 318 g/mol. The van der Waals surface area contributed by atoms with E-state index in [-0.39, 0.29) is 0 Å². The molecule has 0 bridgehead atoms. The Morgan fingerprint density at radius 3 is 1.16 bits per heavy atom. The number of hydrogen-bond acceptors (Lipinski definition) is 5. The molecule has 0 saturated carbocycles. The van der Waals surface area contributed by atoms with Gasteiger partial charge in [0.05, 0.1) is 0 Å². The minimum absolute atomic E-state index is 0.734. The minimum atomic E-state index is -5.46. The second kappa shape index (κ2) is 4.37. The molecule has 114 valence electrons. The third-order valence-corrected chi connectivity index (χ3v) is 4.85. The van der Waals surface area contributed by atoms with Crippen LogP contribution in [-0.4, -0.2) is 33.7 Å². The molecule has 0 amide bonds. The zero-order chi connectivity index (χ0) is 15.1. The number of hydrogen-bond donors (Lipinski definition) is 0. The Balaban J connectivity index is 3.40. The Morgan fingerprint density at radius 1 is 0.737 bits per heavy atom. The van der Waals surface area contributed by atoms with Gasteiger partial charge in [0.1, 0.15) is 0 Å². The van der Waals surface area contributed by atoms with E-state index in [1.807, 2.05) is 0 Å². The summed E-state index contributed by atoms with van der Waals surface area (Å²) < 4.78 is 97.0. The van der Waals surface area contributed by atoms with Gasteiger partial charge in [0.2, 0.25) is 0 Å². The van der Waals surface area contributed by atoms with Crippen molar-refractivity contribution in [1.29, 1.82) is 0 Å². The molecule has 0 aromatic rings. The summed E-state index contributed by atoms with van der Waals surface area (Å²) in [4.78, 5) is 0. The molecule has 0 aliphatic carbocycles. The summed E-state index contributed by atoms with van der Waals surface area (Å²) in [6.45, 7) is 0. The first kappa shape index (κ1) is 16.3. The van der Waals surface area contributed by atoms with Gasteiger partial charge in [-0.05, 0) is 0 Å². The third-order valence-electron chi connectivity index (χ3n) is 2.10. The van der Waals surface area contributed by atoms with Gasteiger partial charge in [0, 0.05) is 0 Å². The van der Waals surface area contributed by atoms with E-state index < -0.39 is 31.6 Å². The van der Waals surface area contributed by atoms with Crippen molar-refractivity contribution in [3.8, 4) is 0 Å². The number of allylic oxidation sites excluding steroid dienone is 2. The van der Waals surface area contributed by atoms with Crippen LogP contribution in [0.5, 0.6) is 0 Å². The molecule has 0 atom stereocenters. The predicted molar refractivity (Wildman–Crippen MR) is 49.3 cm³/mol. The Bertz CT molecular complexity index is 357. The van der Waals surface area contributed by atoms with E-state index in [2.05, 4.69) is 22.6 Å². The average Bonchev–Trinajstić information content (AvgIpc) is 2.67. The molecule has 0 aromatic carbocycles. The molecule has 1 aliphatic heterocycles. The van der Waals surface area contributed by atoms with Crippen molar-refractivity contribution in [2.45, 2.75) is 12.4 Å². The fourth-order valence-corrected chi connectivity index (χ4v) is 3.11. The standard InChI is InChI=1S/C7H9F6O5P/c1-14-19(15-2,16-3)17-4(6(8,9)10)5(18-19)7(11,12)13/h1-3H3. The van der Waals surface area contributed by atoms with Gasteiger partial charge < -0.3 is 0 Å². The molecular formula is C7H9F6O5P. The van der Waals surface area contributed by atoms with E-state index in [4.69, 9.17) is 0 Å². The summed E-state index contributed by atoms with van der Waals surface area (Å²) in [6.07, 6.45) is -10.9. The van der Waals surface area contributed by atoms with Crippen LogP contribution < -0.4 is 0 Å². The molecule has 12 heteroatoms. The van der Waals surface area contributed by atoms with Crippen molar-refractivity contribution in [2.24, 2.45) is 0 Å². The van der Waals surface area contributed by atoms with Crippen LogP contribution in [0.1, 0.15) is 0 Å². The molecule has 1 aliphatic rings. The summed E-state index contributed by atoms with van der Waals surface area (Å²) in [7, 11) is -3.24. The molecular weight excluding hydrogens is 309 g/mol. The molecule has 1 rings (SSSR count). The summed E-state index contributed by atoms with van der Waals surface area (Å²) in [5, 5.41) is 0. The second-order valence-corrected chi connectivity index (χ2v) is 6.08. The quantitative estimate of drug-likeness (QED) is 0.589. The van der Waals surface area contributed by atoms with Crippen molar-refractivity contribution in [3.63, 3.8) is 0 Å². The maximum absolute atomic E-state index is 12.6. The van der Waals surface area contributed by atoms with E-state index in [9.17, 15) is 26.3 Å². The van der Waals surface area contributed by atoms with Gasteiger partial charge in [-0.2, -0.15) is 0 Å². The van der Waals surface area contributed by atoms with Crippen LogP contribution in [0.4, 0.5) is 26.3 Å². The van der Waals surface area contributed by atoms with E-state index in [0.29, 0.717) is 0 Å². The molecule has 0 unspecified atom stereocenters. The van der Waals surface area contributed by atoms with Crippen LogP contribution >= 0.6 is 7.74 Å². The van der Waals surface area contributed by atoms with Crippen molar-refractivity contribution >= 4 is 7.74 Å². The summed E-state index contributed by atoms with van der Waals surface area (Å²) in [5.74, 6) is -4.83. The zero-order valence-corrected chi connectivity index (χ0v) is 10.7. The van der Waals surface area contributed by atoms with Crippen molar-refractivity contribution in [1.82, 2.24) is 0 Å². The molecule has 0 fully saturated rings. The monoisotopic (exact) mass is 318 g/mol. The predicted octanol–water partition coefficient (Wildman–Crippen LogP) is 3.44. The van der Waals surface area contributed by atoms with Crippen LogP contribution in [0.3, 0.4) is 0 Å². The second-order valence-electron chi connectivity index (χ2n) is 3.13. The molecule has 0 aromatic heterocycles. The molecule has 0 N–H and O–H groups in total. The van der Waals surface area contributed by atoms with Gasteiger partial charge in [-0.1, -0.05) is 0 Å². The SMILES string of the molecule is COP1(OC)(OC)OC(C(F)(F)F)=C(C(F)(F)F)O1. The first-order chi connectivity index (χ1) is 8.43. The maximum atomic E-state index is 12.6. The van der Waals surface area contributed by atoms with Gasteiger partial charge in [-0.3, -0.25) is 0 Å². The van der Waals surface area contributed by atoms with Gasteiger partial charge in [0.25, 0.3) is 0 Å². The van der Waals surface area contributed by atoms with Crippen LogP contribution in [-0.2, 0) is 22.6 Å². The first-order valence-electron chi connectivity index (χ1n) is 4.43. The Kier molecular flexibility index (Phi) is 3.74. The molecule has 5 nitrogen and oxygen atoms in total. The Morgan fingerprint density at radius 2 is 1.00 bits per heavy atom. The summed E-state index contributed by atoms with van der Waals surface area (Å²) in [6, 6.07) is 0. The molecule has 1 heterocycles. The van der Waals surface area contributed by atoms with Gasteiger partial charge in [0.15, 0.2) is 0 Å². The summed E-state index contributed by atoms with van der Waals surface area (Å²) >= 11 is 0. The van der Waals surface area contributed by atoms with E-state index in [0.717, 1.165) is 21.3 Å². The van der Waals surface area contributed by atoms with Crippen molar-refractivity contribution in [3.05, 3.63) is 11.5 Å². The van der Waals surface area contributed by atoms with Crippen LogP contribution in [0.2, 0.25) is 0 Å². The van der Waals surface area contributed by atoms with Crippen LogP contribution in [0.15, 0.2) is 11.5 Å². The summed E-state index contributed by atoms with van der Waals surface area (Å²) in [5.41, 5.74) is 0. The molecule has 0 saturated heterocycles. The number of alkyl halides is 6. The van der Waals surface area contributed by atoms with Crippen LogP contribution in [0, 0.1) is 0 Å². The van der Waals surface area contributed by atoms with Crippen molar-refractivity contribution in [2.75, 3.05) is 21.3 Å². The van der Waals surface area contributed by atoms with Gasteiger partial charge >= 0.3 is 102 Å². The van der Waals surface area contributed by atoms with E-state index >= 15 is 0 Å². The van der Waals surface area contributed by atoms with Gasteiger partial charge in [-0.15, -0.1) is 0 Å². The van der Waals surface area contributed by atoms with Crippen molar-refractivity contribution < 1.29 is 49.0 Å². The molecule has 19 heavy (non-hydrogen) atoms. The van der Waals surface area contributed by atoms with Crippen LogP contribution in [0.25, 0.3) is 0 Å². The van der Waals surface area contributed by atoms with E-state index in [1.165, 1.54) is 0 Å². The topological polar surface area (TPSA) is 46.2 Å². The van der Waals surface area contributed by atoms with Gasteiger partial charge in [-0.25, -0.2) is 0 Å². The fraction of sp³-hybridized carbons (Fsp3) is 0.714. The first-order valence-corrected chi connectivity index (χ1v) is 6.26. The third kappa shape index (κ3) is 2.60.